The molecule has 0 saturated carbocycles. The van der Waals surface area contributed by atoms with Gasteiger partial charge in [-0.15, -0.1) is 0 Å². The van der Waals surface area contributed by atoms with Crippen LogP contribution in [0.5, 0.6) is 0 Å². The molecule has 0 aliphatic carbocycles. The summed E-state index contributed by atoms with van der Waals surface area (Å²) in [5.41, 5.74) is 20.0. The molecule has 0 bridgehead atoms. The van der Waals surface area contributed by atoms with E-state index in [0.717, 1.165) is 0 Å². The summed E-state index contributed by atoms with van der Waals surface area (Å²) < 4.78 is 7.62. The molecular formula is C54H29B2N3S2. The Hall–Kier alpha value is -6.79. The molecule has 0 atom stereocenters. The van der Waals surface area contributed by atoms with E-state index in [1.807, 2.05) is 23.5 Å². The third-order valence-corrected chi connectivity index (χ3v) is 16.6. The molecule has 0 unspecified atom stereocenters. The summed E-state index contributed by atoms with van der Waals surface area (Å²) in [6, 6.07) is 66.9. The minimum absolute atomic E-state index is 0.128. The van der Waals surface area contributed by atoms with E-state index in [2.05, 4.69) is 190 Å². The van der Waals surface area contributed by atoms with Gasteiger partial charge in [0.2, 0.25) is 13.4 Å². The average molecular weight is 806 g/mol. The first kappa shape index (κ1) is 32.0. The van der Waals surface area contributed by atoms with Gasteiger partial charge in [-0.25, -0.2) is 0 Å². The number of benzene rings is 9. The van der Waals surface area contributed by atoms with Crippen molar-refractivity contribution in [2.45, 2.75) is 19.6 Å². The van der Waals surface area contributed by atoms with Gasteiger partial charge in [-0.1, -0.05) is 150 Å². The lowest BCUT2D eigenvalue weighted by atomic mass is 9.35. The fourth-order valence-corrected chi connectivity index (χ4v) is 14.3. The highest BCUT2D eigenvalue weighted by atomic mass is 32.2. The van der Waals surface area contributed by atoms with E-state index >= 15 is 0 Å². The van der Waals surface area contributed by atoms with Crippen LogP contribution < -0.4 is 32.8 Å². The van der Waals surface area contributed by atoms with Crippen molar-refractivity contribution in [1.82, 2.24) is 13.7 Å². The van der Waals surface area contributed by atoms with Crippen molar-refractivity contribution in [1.29, 1.82) is 0 Å². The third kappa shape index (κ3) is 3.82. The van der Waals surface area contributed by atoms with Gasteiger partial charge in [0.15, 0.2) is 0 Å². The highest BCUT2D eigenvalue weighted by Gasteiger charge is 2.42. The van der Waals surface area contributed by atoms with Crippen LogP contribution in [0.15, 0.2) is 196 Å². The molecule has 3 nitrogen and oxygen atoms in total. The van der Waals surface area contributed by atoms with Crippen molar-refractivity contribution in [3.8, 4) is 17.1 Å². The summed E-state index contributed by atoms with van der Waals surface area (Å²) in [6.07, 6.45) is 0. The number of hydrogen-bond acceptors (Lipinski definition) is 2. The van der Waals surface area contributed by atoms with Crippen molar-refractivity contribution < 1.29 is 0 Å². The van der Waals surface area contributed by atoms with Crippen LogP contribution in [-0.2, 0) is 0 Å². The molecule has 0 saturated heterocycles. The average Bonchev–Trinajstić information content (AvgIpc) is 3.95. The quantitative estimate of drug-likeness (QED) is 0.154. The van der Waals surface area contributed by atoms with Crippen LogP contribution in [0.3, 0.4) is 0 Å². The van der Waals surface area contributed by atoms with Crippen LogP contribution in [0.4, 0.5) is 0 Å². The van der Waals surface area contributed by atoms with Crippen molar-refractivity contribution in [2.24, 2.45) is 0 Å². The monoisotopic (exact) mass is 805 g/mol. The molecule has 7 heteroatoms. The van der Waals surface area contributed by atoms with E-state index < -0.39 is 0 Å². The topological polar surface area (TPSA) is 14.8 Å². The molecular weight excluding hydrogens is 776 g/mol. The van der Waals surface area contributed by atoms with E-state index in [-0.39, 0.29) is 13.4 Å². The zero-order valence-electron chi connectivity index (χ0n) is 32.6. The fourth-order valence-electron chi connectivity index (χ4n) is 12.0. The SMILES string of the molecule is c1ccc(-n2c3cc4c(cc3c3cc5c(cc32)Sc2ccc3c6ccccc6n6c3c2B5c2ccccc2-6)B2c3ccccc3-n3c5ccccc5c5ccc(c2c53)S4)cc1. The Kier molecular flexibility index (Phi) is 5.84. The third-order valence-electron chi connectivity index (χ3n) is 14.3. The molecule has 12 aromatic rings. The maximum absolute atomic E-state index is 2.59. The molecule has 4 aliphatic heterocycles. The minimum Gasteiger partial charge on any atom is -0.310 e. The second-order valence-corrected chi connectivity index (χ2v) is 19.3. The van der Waals surface area contributed by atoms with Crippen LogP contribution in [0.1, 0.15) is 0 Å². The summed E-state index contributed by atoms with van der Waals surface area (Å²) in [5, 5.41) is 7.94. The predicted octanol–water partition coefficient (Wildman–Crippen LogP) is 9.57. The van der Waals surface area contributed by atoms with Gasteiger partial charge < -0.3 is 13.7 Å². The van der Waals surface area contributed by atoms with Crippen molar-refractivity contribution in [2.75, 3.05) is 0 Å². The summed E-state index contributed by atoms with van der Waals surface area (Å²) in [4.78, 5) is 5.39. The number of para-hydroxylation sites is 5. The van der Waals surface area contributed by atoms with Crippen LogP contribution in [0, 0.1) is 0 Å². The largest absolute Gasteiger partial charge is 0.310 e. The van der Waals surface area contributed by atoms with Crippen molar-refractivity contribution in [3.05, 3.63) is 176 Å². The van der Waals surface area contributed by atoms with E-state index in [4.69, 9.17) is 0 Å². The first-order valence-corrected chi connectivity index (χ1v) is 22.8. The van der Waals surface area contributed by atoms with Gasteiger partial charge in [-0.3, -0.25) is 0 Å². The Morgan fingerprint density at radius 3 is 1.30 bits per heavy atom. The fraction of sp³-hybridized carbons (Fsp3) is 0. The molecule has 4 aliphatic rings. The van der Waals surface area contributed by atoms with Crippen LogP contribution in [0.25, 0.3) is 82.5 Å². The number of hydrogen-bond donors (Lipinski definition) is 0. The molecule has 7 heterocycles. The molecule has 0 radical (unpaired) electrons. The van der Waals surface area contributed by atoms with E-state index in [1.165, 1.54) is 135 Å². The van der Waals surface area contributed by atoms with Crippen molar-refractivity contribution >= 4 is 135 Å². The Labute approximate surface area is 359 Å². The summed E-state index contributed by atoms with van der Waals surface area (Å²) in [6.45, 7) is 0.256. The molecule has 3 aromatic heterocycles. The van der Waals surface area contributed by atoms with Gasteiger partial charge >= 0.3 is 0 Å². The van der Waals surface area contributed by atoms with Gasteiger partial charge in [0.25, 0.3) is 0 Å². The molecule has 0 spiro atoms. The lowest BCUT2D eigenvalue weighted by molar-refractivity contribution is 1.17. The molecule has 9 aromatic carbocycles. The zero-order chi connectivity index (χ0) is 39.2. The van der Waals surface area contributed by atoms with Crippen LogP contribution >= 0.6 is 23.5 Å². The number of aromatic nitrogens is 3. The van der Waals surface area contributed by atoms with Gasteiger partial charge in [0.1, 0.15) is 0 Å². The molecule has 0 amide bonds. The maximum atomic E-state index is 2.59. The molecule has 0 N–H and O–H groups in total. The van der Waals surface area contributed by atoms with Gasteiger partial charge in [-0.05, 0) is 82.5 Å². The lowest BCUT2D eigenvalue weighted by Crippen LogP contribution is -2.58. The second-order valence-electron chi connectivity index (χ2n) is 17.1. The van der Waals surface area contributed by atoms with Gasteiger partial charge in [-0.2, -0.15) is 0 Å². The molecule has 61 heavy (non-hydrogen) atoms. The van der Waals surface area contributed by atoms with E-state index in [1.54, 1.807) is 0 Å². The molecule has 16 rings (SSSR count). The number of rotatable bonds is 1. The smallest absolute Gasteiger partial charge is 0.249 e. The van der Waals surface area contributed by atoms with E-state index in [9.17, 15) is 0 Å². The Bertz CT molecular complexity index is 3790. The normalized spacial score (nSPS) is 14.0. The first-order valence-electron chi connectivity index (χ1n) is 21.2. The Morgan fingerprint density at radius 1 is 0.311 bits per heavy atom. The number of fused-ring (bicyclic) bond motifs is 19. The van der Waals surface area contributed by atoms with Gasteiger partial charge in [0.05, 0.1) is 33.1 Å². The number of nitrogens with zero attached hydrogens (tertiary/aromatic N) is 3. The summed E-state index contributed by atoms with van der Waals surface area (Å²) in [7, 11) is 0. The second kappa shape index (κ2) is 11.1. The summed E-state index contributed by atoms with van der Waals surface area (Å²) in [5.74, 6) is 0. The Balaban J connectivity index is 1.01. The van der Waals surface area contributed by atoms with Crippen LogP contribution in [-0.4, -0.2) is 27.1 Å². The lowest BCUT2D eigenvalue weighted by Gasteiger charge is -2.33. The van der Waals surface area contributed by atoms with E-state index in [0.29, 0.717) is 0 Å². The first-order chi connectivity index (χ1) is 30.3. The highest BCUT2D eigenvalue weighted by molar-refractivity contribution is 8.00. The standard InChI is InChI=1S/C54H29B2N3S2/c1-2-12-30(13-3-1)57-45-28-49-39(55-37-16-6-10-20-43(37)58-41-18-8-4-14-31(41)33-22-24-47(60-49)51(55)53(33)58)26-35(45)36-27-40-50(29-46(36)57)61-48-25-23-34-32-15-5-9-19-42(32)59-44-21-11-7-17-38(44)56(40)52(48)54(34)59/h1-29H. The maximum Gasteiger partial charge on any atom is 0.249 e. The zero-order valence-corrected chi connectivity index (χ0v) is 34.2. The summed E-state index contributed by atoms with van der Waals surface area (Å²) >= 11 is 3.89. The predicted molar refractivity (Wildman–Crippen MR) is 260 cm³/mol. The minimum atomic E-state index is 0.128. The Morgan fingerprint density at radius 2 is 0.770 bits per heavy atom. The molecule has 0 fully saturated rings. The van der Waals surface area contributed by atoms with Gasteiger partial charge in [0, 0.05) is 69.0 Å². The van der Waals surface area contributed by atoms with Crippen molar-refractivity contribution in [3.63, 3.8) is 0 Å². The molecule has 278 valence electrons. The highest BCUT2D eigenvalue weighted by Crippen LogP contribution is 2.45. The van der Waals surface area contributed by atoms with Crippen LogP contribution in [0.2, 0.25) is 0 Å².